The summed E-state index contributed by atoms with van der Waals surface area (Å²) in [6, 6.07) is 0. The molecule has 2 atom stereocenters. The molecule has 4 heteroatoms. The molecular formula is C8H12FNO2. The summed E-state index contributed by atoms with van der Waals surface area (Å²) in [5.41, 5.74) is -2.61. The maximum absolute atomic E-state index is 14.0. The van der Waals surface area contributed by atoms with Crippen molar-refractivity contribution >= 4 is 5.97 Å². The molecule has 1 aliphatic heterocycles. The summed E-state index contributed by atoms with van der Waals surface area (Å²) >= 11 is 0. The Hall–Kier alpha value is -0.640. The normalized spacial score (nSPS) is 46.1. The lowest BCUT2D eigenvalue weighted by Crippen LogP contribution is -2.45. The van der Waals surface area contributed by atoms with Crippen LogP contribution in [0.15, 0.2) is 0 Å². The first kappa shape index (κ1) is 7.98. The van der Waals surface area contributed by atoms with E-state index in [1.165, 1.54) is 0 Å². The summed E-state index contributed by atoms with van der Waals surface area (Å²) in [4.78, 5) is 10.9. The van der Waals surface area contributed by atoms with E-state index in [1.807, 2.05) is 0 Å². The molecule has 2 fully saturated rings. The van der Waals surface area contributed by atoms with Crippen LogP contribution in [0, 0.1) is 5.41 Å². The Morgan fingerprint density at radius 2 is 2.17 bits per heavy atom. The molecule has 0 aromatic rings. The Labute approximate surface area is 70.0 Å². The van der Waals surface area contributed by atoms with Crippen molar-refractivity contribution in [2.45, 2.75) is 24.9 Å². The average molecular weight is 173 g/mol. The zero-order valence-corrected chi connectivity index (χ0v) is 6.77. The van der Waals surface area contributed by atoms with Crippen LogP contribution in [-0.4, -0.2) is 29.8 Å². The van der Waals surface area contributed by atoms with Gasteiger partial charge in [0.2, 0.25) is 0 Å². The fourth-order valence-corrected chi connectivity index (χ4v) is 2.49. The van der Waals surface area contributed by atoms with Crippen LogP contribution in [0.1, 0.15) is 19.3 Å². The van der Waals surface area contributed by atoms with E-state index < -0.39 is 17.1 Å². The second-order valence-electron chi connectivity index (χ2n) is 3.81. The van der Waals surface area contributed by atoms with E-state index >= 15 is 0 Å². The molecule has 0 spiro atoms. The lowest BCUT2D eigenvalue weighted by molar-refractivity contribution is -0.153. The van der Waals surface area contributed by atoms with Gasteiger partial charge in [0.15, 0.2) is 0 Å². The molecule has 68 valence electrons. The van der Waals surface area contributed by atoms with Crippen LogP contribution in [-0.2, 0) is 4.79 Å². The molecule has 0 unspecified atom stereocenters. The molecule has 0 radical (unpaired) electrons. The molecule has 1 saturated heterocycles. The monoisotopic (exact) mass is 173 g/mol. The maximum atomic E-state index is 14.0. The third-order valence-corrected chi connectivity index (χ3v) is 3.28. The van der Waals surface area contributed by atoms with Crippen molar-refractivity contribution in [1.82, 2.24) is 5.32 Å². The van der Waals surface area contributed by atoms with Crippen LogP contribution in [0.2, 0.25) is 0 Å². The first-order valence-corrected chi connectivity index (χ1v) is 4.24. The molecule has 0 amide bonds. The van der Waals surface area contributed by atoms with Gasteiger partial charge < -0.3 is 10.4 Å². The van der Waals surface area contributed by atoms with Crippen molar-refractivity contribution in [2.24, 2.45) is 5.41 Å². The van der Waals surface area contributed by atoms with E-state index in [0.29, 0.717) is 25.8 Å². The molecule has 3 nitrogen and oxygen atoms in total. The van der Waals surface area contributed by atoms with Crippen LogP contribution in [0.25, 0.3) is 0 Å². The van der Waals surface area contributed by atoms with E-state index in [0.717, 1.165) is 0 Å². The highest BCUT2D eigenvalue weighted by Crippen LogP contribution is 2.51. The highest BCUT2D eigenvalue weighted by Gasteiger charge is 2.63. The zero-order chi connectivity index (χ0) is 8.82. The molecule has 1 saturated carbocycles. The summed E-state index contributed by atoms with van der Waals surface area (Å²) in [5.74, 6) is -0.979. The fourth-order valence-electron chi connectivity index (χ4n) is 2.49. The Morgan fingerprint density at radius 1 is 1.42 bits per heavy atom. The molecule has 2 aliphatic rings. The highest BCUT2D eigenvalue weighted by molar-refractivity contribution is 5.78. The van der Waals surface area contributed by atoms with Gasteiger partial charge in [-0.15, -0.1) is 0 Å². The molecule has 0 aromatic carbocycles. The summed E-state index contributed by atoms with van der Waals surface area (Å²) in [7, 11) is 0. The van der Waals surface area contributed by atoms with Gasteiger partial charge in [0.05, 0.1) is 0 Å². The smallest absolute Gasteiger partial charge is 0.314 e. The number of rotatable bonds is 1. The van der Waals surface area contributed by atoms with Gasteiger partial charge in [-0.05, 0) is 19.3 Å². The number of fused-ring (bicyclic) bond motifs is 1. The second kappa shape index (κ2) is 2.19. The molecule has 2 N–H and O–H groups in total. The Kier molecular flexibility index (Phi) is 1.46. The van der Waals surface area contributed by atoms with E-state index in [-0.39, 0.29) is 6.54 Å². The van der Waals surface area contributed by atoms with Crippen molar-refractivity contribution in [1.29, 1.82) is 0 Å². The van der Waals surface area contributed by atoms with Crippen LogP contribution < -0.4 is 5.32 Å². The van der Waals surface area contributed by atoms with Gasteiger partial charge in [-0.3, -0.25) is 4.79 Å². The zero-order valence-electron chi connectivity index (χ0n) is 6.77. The number of carboxylic acids is 1. The summed E-state index contributed by atoms with van der Waals surface area (Å²) in [6.07, 6.45) is 1.57. The lowest BCUT2D eigenvalue weighted by atomic mass is 9.78. The van der Waals surface area contributed by atoms with Crippen molar-refractivity contribution in [2.75, 3.05) is 13.1 Å². The fraction of sp³-hybridized carbons (Fsp3) is 0.875. The first-order chi connectivity index (χ1) is 5.61. The number of nitrogens with one attached hydrogen (secondary N) is 1. The third-order valence-electron chi connectivity index (χ3n) is 3.28. The van der Waals surface area contributed by atoms with Crippen LogP contribution in [0.3, 0.4) is 0 Å². The minimum Gasteiger partial charge on any atom is -0.481 e. The van der Waals surface area contributed by atoms with Crippen molar-refractivity contribution in [3.8, 4) is 0 Å². The highest BCUT2D eigenvalue weighted by atomic mass is 19.1. The molecule has 1 heterocycles. The number of carboxylic acid groups (broad SMARTS) is 1. The van der Waals surface area contributed by atoms with Gasteiger partial charge in [-0.25, -0.2) is 4.39 Å². The Balaban J connectivity index is 2.38. The lowest BCUT2D eigenvalue weighted by Gasteiger charge is -2.28. The Bertz CT molecular complexity index is 219. The first-order valence-electron chi connectivity index (χ1n) is 4.24. The molecular weight excluding hydrogens is 161 g/mol. The predicted molar refractivity (Wildman–Crippen MR) is 40.6 cm³/mol. The van der Waals surface area contributed by atoms with E-state index in [1.54, 1.807) is 0 Å². The third kappa shape index (κ3) is 0.710. The van der Waals surface area contributed by atoms with Crippen molar-refractivity contribution in [3.05, 3.63) is 0 Å². The van der Waals surface area contributed by atoms with Gasteiger partial charge >= 0.3 is 5.97 Å². The standard InChI is InChI=1S/C8H12FNO2/c9-8-3-1-2-7(8,6(11)12)4-10-5-8/h10H,1-5H2,(H,11,12)/t7-,8-/m1/s1. The number of halogens is 1. The van der Waals surface area contributed by atoms with Gasteiger partial charge in [0.25, 0.3) is 0 Å². The number of carbonyl (C=O) groups is 1. The number of hydrogen-bond donors (Lipinski definition) is 2. The summed E-state index contributed by atoms with van der Waals surface area (Å²) < 4.78 is 14.0. The van der Waals surface area contributed by atoms with Crippen molar-refractivity contribution < 1.29 is 14.3 Å². The van der Waals surface area contributed by atoms with Crippen LogP contribution >= 0.6 is 0 Å². The maximum Gasteiger partial charge on any atom is 0.314 e. The van der Waals surface area contributed by atoms with Crippen molar-refractivity contribution in [3.63, 3.8) is 0 Å². The van der Waals surface area contributed by atoms with E-state index in [4.69, 9.17) is 5.11 Å². The number of aliphatic carboxylic acids is 1. The summed E-state index contributed by atoms with van der Waals surface area (Å²) in [5, 5.41) is 11.8. The van der Waals surface area contributed by atoms with Gasteiger partial charge in [-0.2, -0.15) is 0 Å². The van der Waals surface area contributed by atoms with E-state index in [2.05, 4.69) is 5.32 Å². The average Bonchev–Trinajstić information content (AvgIpc) is 2.41. The molecule has 1 aliphatic carbocycles. The van der Waals surface area contributed by atoms with Crippen LogP contribution in [0.5, 0.6) is 0 Å². The minimum atomic E-state index is -1.49. The SMILES string of the molecule is O=C(O)[C@]12CCC[C@@]1(F)CNC2. The predicted octanol–water partition coefficient (Wildman–Crippen LogP) is 0.553. The van der Waals surface area contributed by atoms with Crippen LogP contribution in [0.4, 0.5) is 4.39 Å². The largest absolute Gasteiger partial charge is 0.481 e. The molecule has 2 rings (SSSR count). The van der Waals surface area contributed by atoms with E-state index in [9.17, 15) is 9.18 Å². The molecule has 0 aromatic heterocycles. The molecule has 0 bridgehead atoms. The van der Waals surface area contributed by atoms with Gasteiger partial charge in [-0.1, -0.05) is 0 Å². The Morgan fingerprint density at radius 3 is 2.75 bits per heavy atom. The summed E-state index contributed by atoms with van der Waals surface area (Å²) in [6.45, 7) is 0.498. The topological polar surface area (TPSA) is 49.3 Å². The quantitative estimate of drug-likeness (QED) is 0.609. The minimum absolute atomic E-state index is 0.208. The number of hydrogen-bond acceptors (Lipinski definition) is 2. The number of alkyl halides is 1. The van der Waals surface area contributed by atoms with Gasteiger partial charge in [0.1, 0.15) is 11.1 Å². The van der Waals surface area contributed by atoms with Gasteiger partial charge in [0, 0.05) is 13.1 Å². The molecule has 12 heavy (non-hydrogen) atoms. The second-order valence-corrected chi connectivity index (χ2v) is 3.81.